The summed E-state index contributed by atoms with van der Waals surface area (Å²) in [5, 5.41) is 6.82. The molecule has 2 atom stereocenters. The van der Waals surface area contributed by atoms with Gasteiger partial charge in [-0.2, -0.15) is 0 Å². The lowest BCUT2D eigenvalue weighted by molar-refractivity contribution is -0.127. The predicted octanol–water partition coefficient (Wildman–Crippen LogP) is 1.45. The number of ether oxygens (including phenoxy) is 1. The predicted molar refractivity (Wildman–Crippen MR) is 113 cm³/mol. The molecule has 1 amide bonds. The highest BCUT2D eigenvalue weighted by Gasteiger charge is 2.23. The minimum atomic E-state index is -0.196. The van der Waals surface area contributed by atoms with E-state index in [9.17, 15) is 9.18 Å². The van der Waals surface area contributed by atoms with Gasteiger partial charge in [0.25, 0.3) is 0 Å². The molecule has 2 aliphatic rings. The smallest absolute Gasteiger partial charge is 0.243 e. The number of piperidine rings is 1. The van der Waals surface area contributed by atoms with Crippen molar-refractivity contribution in [3.8, 4) is 0 Å². The zero-order valence-corrected chi connectivity index (χ0v) is 17.4. The molecule has 1 aromatic carbocycles. The number of hydrogen-bond donors (Lipinski definition) is 2. The summed E-state index contributed by atoms with van der Waals surface area (Å²) in [6.45, 7) is 3.92. The van der Waals surface area contributed by atoms with E-state index in [1.54, 1.807) is 20.2 Å². The molecule has 3 rings (SSSR count). The van der Waals surface area contributed by atoms with Gasteiger partial charge in [0.15, 0.2) is 5.96 Å². The summed E-state index contributed by atoms with van der Waals surface area (Å²) in [5.74, 6) is 0.838. The van der Waals surface area contributed by atoms with Gasteiger partial charge in [-0.1, -0.05) is 12.1 Å². The second-order valence-electron chi connectivity index (χ2n) is 7.94. The Morgan fingerprint density at radius 1 is 1.34 bits per heavy atom. The summed E-state index contributed by atoms with van der Waals surface area (Å²) >= 11 is 0. The third-order valence-corrected chi connectivity index (χ3v) is 5.41. The van der Waals surface area contributed by atoms with Crippen LogP contribution in [0, 0.1) is 11.7 Å². The molecular weight excluding hydrogens is 373 g/mol. The van der Waals surface area contributed by atoms with Crippen molar-refractivity contribution < 1.29 is 13.9 Å². The number of para-hydroxylation sites is 1. The molecule has 0 aromatic heterocycles. The van der Waals surface area contributed by atoms with Crippen molar-refractivity contribution in [2.75, 3.05) is 58.4 Å². The number of rotatable bonds is 6. The van der Waals surface area contributed by atoms with E-state index in [4.69, 9.17) is 4.74 Å². The van der Waals surface area contributed by atoms with Crippen LogP contribution in [0.4, 0.5) is 10.1 Å². The topological polar surface area (TPSA) is 69.2 Å². The van der Waals surface area contributed by atoms with E-state index in [0.29, 0.717) is 24.1 Å². The summed E-state index contributed by atoms with van der Waals surface area (Å²) in [6.07, 6.45) is 2.97. The second kappa shape index (κ2) is 10.4. The first-order chi connectivity index (χ1) is 14.0. The molecule has 2 N–H and O–H groups in total. The van der Waals surface area contributed by atoms with Crippen molar-refractivity contribution in [1.29, 1.82) is 0 Å². The maximum atomic E-state index is 14.2. The van der Waals surface area contributed by atoms with E-state index < -0.39 is 0 Å². The first-order valence-corrected chi connectivity index (χ1v) is 10.3. The number of anilines is 1. The van der Waals surface area contributed by atoms with Crippen LogP contribution < -0.4 is 15.5 Å². The van der Waals surface area contributed by atoms with E-state index in [1.807, 2.05) is 12.1 Å². The summed E-state index contributed by atoms with van der Waals surface area (Å²) in [5.41, 5.74) is 0.635. The zero-order valence-electron chi connectivity index (χ0n) is 17.4. The number of nitrogens with zero attached hydrogens (tertiary/aromatic N) is 3. The fourth-order valence-corrected chi connectivity index (χ4v) is 3.64. The summed E-state index contributed by atoms with van der Waals surface area (Å²) in [7, 11) is 3.45. The molecule has 2 heterocycles. The van der Waals surface area contributed by atoms with Crippen LogP contribution in [-0.4, -0.2) is 76.3 Å². The fourth-order valence-electron chi connectivity index (χ4n) is 3.64. The minimum absolute atomic E-state index is 0.0491. The van der Waals surface area contributed by atoms with Gasteiger partial charge in [0.1, 0.15) is 12.4 Å². The maximum Gasteiger partial charge on any atom is 0.243 e. The van der Waals surface area contributed by atoms with Gasteiger partial charge in [0.2, 0.25) is 5.91 Å². The molecule has 0 saturated carbocycles. The van der Waals surface area contributed by atoms with Crippen LogP contribution in [-0.2, 0) is 9.53 Å². The Bertz CT molecular complexity index is 706. The molecule has 0 spiro atoms. The number of nitrogens with one attached hydrogen (secondary N) is 2. The number of hydrogen-bond acceptors (Lipinski definition) is 4. The third-order valence-electron chi connectivity index (χ3n) is 5.41. The monoisotopic (exact) mass is 405 g/mol. The van der Waals surface area contributed by atoms with Crippen molar-refractivity contribution >= 4 is 17.6 Å². The third kappa shape index (κ3) is 6.32. The Kier molecular flexibility index (Phi) is 7.69. The number of amides is 1. The molecule has 0 aliphatic carbocycles. The Labute approximate surface area is 172 Å². The van der Waals surface area contributed by atoms with Crippen molar-refractivity contribution in [3.05, 3.63) is 30.1 Å². The van der Waals surface area contributed by atoms with Crippen molar-refractivity contribution in [1.82, 2.24) is 15.5 Å². The van der Waals surface area contributed by atoms with Crippen molar-refractivity contribution in [2.24, 2.45) is 10.9 Å². The average molecular weight is 406 g/mol. The molecule has 2 saturated heterocycles. The average Bonchev–Trinajstić information content (AvgIpc) is 3.24. The number of carbonyl (C=O) groups is 1. The van der Waals surface area contributed by atoms with E-state index in [-0.39, 0.29) is 24.3 Å². The van der Waals surface area contributed by atoms with Gasteiger partial charge in [0.05, 0.1) is 12.3 Å². The van der Waals surface area contributed by atoms with Gasteiger partial charge >= 0.3 is 0 Å². The Morgan fingerprint density at radius 3 is 2.90 bits per heavy atom. The molecule has 2 fully saturated rings. The quantitative estimate of drug-likeness (QED) is 0.554. The largest absolute Gasteiger partial charge is 0.381 e. The Morgan fingerprint density at radius 2 is 2.17 bits per heavy atom. The molecule has 1 aromatic rings. The minimum Gasteiger partial charge on any atom is -0.381 e. The molecule has 0 radical (unpaired) electrons. The highest BCUT2D eigenvalue weighted by Crippen LogP contribution is 2.22. The fraction of sp³-hybridized carbons (Fsp3) is 0.619. The van der Waals surface area contributed by atoms with Crippen molar-refractivity contribution in [2.45, 2.75) is 25.3 Å². The van der Waals surface area contributed by atoms with Crippen molar-refractivity contribution in [3.63, 3.8) is 0 Å². The first-order valence-electron chi connectivity index (χ1n) is 10.3. The number of likely N-dealkylation sites (N-methyl/N-ethyl adjacent to an activating group) is 1. The van der Waals surface area contributed by atoms with Crippen LogP contribution in [0.25, 0.3) is 0 Å². The van der Waals surface area contributed by atoms with Gasteiger partial charge in [0, 0.05) is 52.3 Å². The number of benzene rings is 1. The number of halogens is 1. The second-order valence-corrected chi connectivity index (χ2v) is 7.94. The lowest BCUT2D eigenvalue weighted by Crippen LogP contribution is -2.52. The molecule has 2 unspecified atom stereocenters. The van der Waals surface area contributed by atoms with Gasteiger partial charge in [-0.15, -0.1) is 0 Å². The number of aliphatic imine (C=N–C) groups is 1. The molecular formula is C21H32FN5O2. The summed E-state index contributed by atoms with van der Waals surface area (Å²) in [4.78, 5) is 20.1. The maximum absolute atomic E-state index is 14.2. The van der Waals surface area contributed by atoms with E-state index in [2.05, 4.69) is 20.5 Å². The van der Waals surface area contributed by atoms with E-state index in [0.717, 1.165) is 45.6 Å². The summed E-state index contributed by atoms with van der Waals surface area (Å²) < 4.78 is 19.6. The lowest BCUT2D eigenvalue weighted by atomic mass is 10.0. The SMILES string of the molecule is CN(C)C(=O)CN=C(NCC1CCOC1)NC1CCCN(c2ccccc2F)C1. The molecule has 8 heteroatoms. The number of carbonyl (C=O) groups excluding carboxylic acids is 1. The van der Waals surface area contributed by atoms with Gasteiger partial charge in [-0.3, -0.25) is 4.79 Å². The molecule has 0 bridgehead atoms. The molecule has 2 aliphatic heterocycles. The Hall–Kier alpha value is -2.35. The van der Waals surface area contributed by atoms with Gasteiger partial charge in [-0.25, -0.2) is 9.38 Å². The van der Waals surface area contributed by atoms with Crippen LogP contribution in [0.3, 0.4) is 0 Å². The van der Waals surface area contributed by atoms with Crippen LogP contribution in [0.15, 0.2) is 29.3 Å². The Balaban J connectivity index is 1.62. The van der Waals surface area contributed by atoms with Crippen LogP contribution >= 0.6 is 0 Å². The molecule has 29 heavy (non-hydrogen) atoms. The van der Waals surface area contributed by atoms with Gasteiger partial charge < -0.3 is 25.2 Å². The normalized spacial score (nSPS) is 22.4. The van der Waals surface area contributed by atoms with Crippen LogP contribution in [0.2, 0.25) is 0 Å². The highest BCUT2D eigenvalue weighted by molar-refractivity contribution is 5.85. The number of guanidine groups is 1. The highest BCUT2D eigenvalue weighted by atomic mass is 19.1. The molecule has 7 nitrogen and oxygen atoms in total. The lowest BCUT2D eigenvalue weighted by Gasteiger charge is -2.35. The van der Waals surface area contributed by atoms with Crippen LogP contribution in [0.1, 0.15) is 19.3 Å². The van der Waals surface area contributed by atoms with E-state index >= 15 is 0 Å². The standard InChI is InChI=1S/C21H32FN5O2/c1-26(2)20(28)13-24-21(23-12-16-9-11-29-15-16)25-17-6-5-10-27(14-17)19-8-4-3-7-18(19)22/h3-4,7-8,16-17H,5-6,9-15H2,1-2H3,(H2,23,24,25). The first kappa shape index (κ1) is 21.4. The van der Waals surface area contributed by atoms with Gasteiger partial charge in [-0.05, 0) is 31.4 Å². The zero-order chi connectivity index (χ0) is 20.6. The summed E-state index contributed by atoms with van der Waals surface area (Å²) in [6, 6.07) is 7.02. The molecule has 160 valence electrons. The van der Waals surface area contributed by atoms with Crippen LogP contribution in [0.5, 0.6) is 0 Å². The van der Waals surface area contributed by atoms with E-state index in [1.165, 1.54) is 11.0 Å².